The number of hydrogen-bond acceptors (Lipinski definition) is 1. The quantitative estimate of drug-likeness (QED) is 0.601. The summed E-state index contributed by atoms with van der Waals surface area (Å²) < 4.78 is 36.6. The topological polar surface area (TPSA) is 17.8 Å². The highest BCUT2D eigenvalue weighted by molar-refractivity contribution is 6.31. The number of alkyl halides is 3. The maximum absolute atomic E-state index is 12.0. The second-order valence-electron chi connectivity index (χ2n) is 1.90. The normalized spacial score (nSPS) is 12.1. The fourth-order valence-electron chi connectivity index (χ4n) is 0.672. The van der Waals surface area contributed by atoms with E-state index in [0.717, 1.165) is 7.05 Å². The van der Waals surface area contributed by atoms with Gasteiger partial charge < -0.3 is 0 Å². The third-order valence-electron chi connectivity index (χ3n) is 1.10. The summed E-state index contributed by atoms with van der Waals surface area (Å²) in [5, 5.41) is 2.72. The molecule has 1 rings (SSSR count). The van der Waals surface area contributed by atoms with Crippen molar-refractivity contribution >= 4 is 11.6 Å². The van der Waals surface area contributed by atoms with Gasteiger partial charge in [-0.15, -0.1) is 0 Å². The van der Waals surface area contributed by atoms with E-state index in [9.17, 15) is 13.2 Å². The van der Waals surface area contributed by atoms with Crippen molar-refractivity contribution in [2.75, 3.05) is 0 Å². The zero-order valence-corrected chi connectivity index (χ0v) is 6.16. The van der Waals surface area contributed by atoms with E-state index in [1.54, 1.807) is 0 Å². The minimum atomic E-state index is -4.46. The molecular weight excluding hydrogens is 181 g/mol. The minimum absolute atomic E-state index is 0.500. The predicted octanol–water partition coefficient (Wildman–Crippen LogP) is 1.89. The summed E-state index contributed by atoms with van der Waals surface area (Å²) in [6.45, 7) is 0. The smallest absolute Gasteiger partial charge is 0.261 e. The molecule has 0 fully saturated rings. The van der Waals surface area contributed by atoms with Crippen LogP contribution in [0.25, 0.3) is 0 Å². The Bertz CT molecular complexity index is 246. The first-order valence-corrected chi connectivity index (χ1v) is 2.98. The summed E-state index contributed by atoms with van der Waals surface area (Å²) in [5.41, 5.74) is -0.973. The lowest BCUT2D eigenvalue weighted by atomic mass is 10.4. The van der Waals surface area contributed by atoms with Gasteiger partial charge in [-0.25, -0.2) is 0 Å². The monoisotopic (exact) mass is 183 g/mol. The maximum Gasteiger partial charge on any atom is 0.434 e. The molecule has 1 aromatic heterocycles. The van der Waals surface area contributed by atoms with E-state index in [1.807, 2.05) is 6.20 Å². The van der Waals surface area contributed by atoms with Crippen LogP contribution in [0.1, 0.15) is 5.69 Å². The fraction of sp³-hybridized carbons (Fsp3) is 0.400. The summed E-state index contributed by atoms with van der Waals surface area (Å²) >= 11 is 5.17. The Kier molecular flexibility index (Phi) is 1.83. The largest absolute Gasteiger partial charge is 0.434 e. The van der Waals surface area contributed by atoms with Crippen molar-refractivity contribution in [2.24, 2.45) is 7.05 Å². The lowest BCUT2D eigenvalue weighted by molar-refractivity contribution is -0.143. The van der Waals surface area contributed by atoms with Crippen molar-refractivity contribution < 1.29 is 13.2 Å². The molecule has 11 heavy (non-hydrogen) atoms. The fourth-order valence-corrected chi connectivity index (χ4v) is 0.939. The van der Waals surface area contributed by atoms with Gasteiger partial charge in [0.05, 0.1) is 0 Å². The van der Waals surface area contributed by atoms with Gasteiger partial charge in [0.2, 0.25) is 0 Å². The van der Waals surface area contributed by atoms with Crippen LogP contribution in [-0.4, -0.2) is 9.78 Å². The van der Waals surface area contributed by atoms with Gasteiger partial charge in [-0.05, 0) is 0 Å². The standard InChI is InChI=1S/C5H3ClF3N2/c1-11-4(5(7,8)9)3(6)2-10-11/h1H3. The summed E-state index contributed by atoms with van der Waals surface area (Å²) in [6.07, 6.45) is -2.46. The summed E-state index contributed by atoms with van der Waals surface area (Å²) in [6, 6.07) is 0. The summed E-state index contributed by atoms with van der Waals surface area (Å²) in [7, 11) is 1.16. The van der Waals surface area contributed by atoms with Crippen molar-refractivity contribution in [3.8, 4) is 0 Å². The highest BCUT2D eigenvalue weighted by Gasteiger charge is 2.37. The Morgan fingerprint density at radius 2 is 2.09 bits per heavy atom. The van der Waals surface area contributed by atoms with Gasteiger partial charge in [0.15, 0.2) is 5.69 Å². The van der Waals surface area contributed by atoms with E-state index in [4.69, 9.17) is 11.6 Å². The van der Waals surface area contributed by atoms with Crippen LogP contribution in [0.2, 0.25) is 5.02 Å². The van der Waals surface area contributed by atoms with Crippen LogP contribution in [0, 0.1) is 6.20 Å². The maximum atomic E-state index is 12.0. The second kappa shape index (κ2) is 2.41. The van der Waals surface area contributed by atoms with Crippen molar-refractivity contribution in [2.45, 2.75) is 6.18 Å². The molecule has 2 nitrogen and oxygen atoms in total. The molecule has 0 aliphatic carbocycles. The van der Waals surface area contributed by atoms with Crippen LogP contribution >= 0.6 is 11.6 Å². The third-order valence-corrected chi connectivity index (χ3v) is 1.36. The zero-order chi connectivity index (χ0) is 8.65. The van der Waals surface area contributed by atoms with E-state index < -0.39 is 16.9 Å². The number of hydrogen-bond donors (Lipinski definition) is 0. The number of rotatable bonds is 0. The van der Waals surface area contributed by atoms with E-state index in [-0.39, 0.29) is 0 Å². The highest BCUT2D eigenvalue weighted by Crippen LogP contribution is 2.33. The molecule has 0 amide bonds. The Labute approximate surface area is 65.6 Å². The summed E-state index contributed by atoms with van der Waals surface area (Å²) in [4.78, 5) is 0. The van der Waals surface area contributed by atoms with E-state index in [1.165, 1.54) is 0 Å². The molecule has 0 aliphatic heterocycles. The molecule has 1 aromatic rings. The Hall–Kier alpha value is -0.710. The van der Waals surface area contributed by atoms with Gasteiger partial charge in [0, 0.05) is 7.05 Å². The molecule has 0 N–H and O–H groups in total. The van der Waals surface area contributed by atoms with Crippen molar-refractivity contribution in [3.05, 3.63) is 16.9 Å². The highest BCUT2D eigenvalue weighted by atomic mass is 35.5. The molecule has 0 aromatic carbocycles. The van der Waals surface area contributed by atoms with Gasteiger partial charge in [-0.2, -0.15) is 18.3 Å². The first-order valence-electron chi connectivity index (χ1n) is 2.60. The summed E-state index contributed by atoms with van der Waals surface area (Å²) in [5.74, 6) is 0. The Morgan fingerprint density at radius 3 is 2.27 bits per heavy atom. The molecule has 0 atom stereocenters. The van der Waals surface area contributed by atoms with Gasteiger partial charge in [-0.1, -0.05) is 11.6 Å². The van der Waals surface area contributed by atoms with Crippen LogP contribution in [0.15, 0.2) is 0 Å². The SMILES string of the molecule is Cn1n[c]c(Cl)c1C(F)(F)F. The van der Waals surface area contributed by atoms with Crippen molar-refractivity contribution in [1.82, 2.24) is 9.78 Å². The van der Waals surface area contributed by atoms with Crippen LogP contribution in [0.4, 0.5) is 13.2 Å². The first-order chi connectivity index (χ1) is 4.93. The lowest BCUT2D eigenvalue weighted by Gasteiger charge is -2.05. The van der Waals surface area contributed by atoms with Gasteiger partial charge in [0.25, 0.3) is 0 Å². The average Bonchev–Trinajstić information content (AvgIpc) is 2.08. The molecule has 0 bridgehead atoms. The molecule has 61 valence electrons. The molecule has 0 saturated carbocycles. The lowest BCUT2D eigenvalue weighted by Crippen LogP contribution is -2.12. The van der Waals surface area contributed by atoms with E-state index in [0.29, 0.717) is 4.68 Å². The molecule has 1 radical (unpaired) electrons. The van der Waals surface area contributed by atoms with Gasteiger partial charge >= 0.3 is 6.18 Å². The van der Waals surface area contributed by atoms with Gasteiger partial charge in [0.1, 0.15) is 11.2 Å². The number of nitrogens with zero attached hydrogens (tertiary/aromatic N) is 2. The first kappa shape index (κ1) is 8.39. The van der Waals surface area contributed by atoms with Crippen LogP contribution < -0.4 is 0 Å². The molecule has 0 unspecified atom stereocenters. The number of aryl methyl sites for hydroxylation is 1. The van der Waals surface area contributed by atoms with Crippen LogP contribution in [-0.2, 0) is 13.2 Å². The van der Waals surface area contributed by atoms with E-state index in [2.05, 4.69) is 5.10 Å². The molecule has 1 heterocycles. The minimum Gasteiger partial charge on any atom is -0.261 e. The van der Waals surface area contributed by atoms with Gasteiger partial charge in [-0.3, -0.25) is 4.68 Å². The predicted molar refractivity (Wildman–Crippen MR) is 32.1 cm³/mol. The van der Waals surface area contributed by atoms with Crippen molar-refractivity contribution in [1.29, 1.82) is 0 Å². The molecular formula is C5H3ClF3N2. The number of halogens is 4. The van der Waals surface area contributed by atoms with Crippen LogP contribution in [0.5, 0.6) is 0 Å². The second-order valence-corrected chi connectivity index (χ2v) is 2.27. The zero-order valence-electron chi connectivity index (χ0n) is 5.41. The van der Waals surface area contributed by atoms with E-state index >= 15 is 0 Å². The van der Waals surface area contributed by atoms with Crippen LogP contribution in [0.3, 0.4) is 0 Å². The third kappa shape index (κ3) is 1.48. The molecule has 6 heteroatoms. The number of aromatic nitrogens is 2. The molecule has 0 spiro atoms. The molecule has 0 aliphatic rings. The van der Waals surface area contributed by atoms with Crippen molar-refractivity contribution in [3.63, 3.8) is 0 Å². The Morgan fingerprint density at radius 1 is 1.55 bits per heavy atom. The molecule has 0 saturated heterocycles. The Balaban J connectivity index is 3.21. The average molecular weight is 184 g/mol.